The molecule has 0 bridgehead atoms. The summed E-state index contributed by atoms with van der Waals surface area (Å²) in [4.78, 5) is 25.2. The van der Waals surface area contributed by atoms with E-state index in [1.54, 1.807) is 27.9 Å². The molecule has 7 nitrogen and oxygen atoms in total. The van der Waals surface area contributed by atoms with Gasteiger partial charge in [0.25, 0.3) is 0 Å². The molecule has 2 aliphatic carbocycles. The highest BCUT2D eigenvalue weighted by molar-refractivity contribution is 5.83. The zero-order valence-electron chi connectivity index (χ0n) is 17.1. The number of rotatable bonds is 3. The maximum atomic E-state index is 12.9. The summed E-state index contributed by atoms with van der Waals surface area (Å²) < 4.78 is 22.7. The fraction of sp³-hybridized carbons (Fsp3) is 0.810. The molecule has 2 heterocycles. The third-order valence-electron chi connectivity index (χ3n) is 7.77. The third-order valence-corrected chi connectivity index (χ3v) is 7.77. The summed E-state index contributed by atoms with van der Waals surface area (Å²) in [6.45, 7) is 11.4. The van der Waals surface area contributed by atoms with E-state index in [0.29, 0.717) is 12.8 Å². The van der Waals surface area contributed by atoms with Crippen molar-refractivity contribution in [3.05, 3.63) is 12.2 Å². The minimum atomic E-state index is -1.43. The van der Waals surface area contributed by atoms with Gasteiger partial charge in [-0.2, -0.15) is 0 Å². The molecule has 0 radical (unpaired) electrons. The molecule has 0 aromatic carbocycles. The predicted molar refractivity (Wildman–Crippen MR) is 98.1 cm³/mol. The predicted octanol–water partition coefficient (Wildman–Crippen LogP) is 1.62. The Bertz CT molecular complexity index is 720. The minimum Gasteiger partial charge on any atom is -0.461 e. The maximum Gasteiger partial charge on any atom is 0.341 e. The van der Waals surface area contributed by atoms with Crippen LogP contribution in [0.5, 0.6) is 0 Å². The van der Waals surface area contributed by atoms with Crippen LogP contribution in [-0.2, 0) is 28.5 Å². The number of carbonyl (C=O) groups excluding carboxylic acids is 2. The molecular weight excluding hydrogens is 364 g/mol. The van der Waals surface area contributed by atoms with Gasteiger partial charge in [0.1, 0.15) is 17.8 Å². The van der Waals surface area contributed by atoms with Crippen molar-refractivity contribution in [2.75, 3.05) is 7.11 Å². The van der Waals surface area contributed by atoms with Crippen LogP contribution in [0.15, 0.2) is 12.2 Å². The fourth-order valence-electron chi connectivity index (χ4n) is 5.64. The zero-order valence-corrected chi connectivity index (χ0v) is 17.1. The largest absolute Gasteiger partial charge is 0.461 e. The lowest BCUT2D eigenvalue weighted by molar-refractivity contribution is -0.192. The molecule has 0 aromatic rings. The topological polar surface area (TPSA) is 94.6 Å². The average Bonchev–Trinajstić information content (AvgIpc) is 3.09. The second-order valence-electron chi connectivity index (χ2n) is 9.09. The SMILES string of the molecule is C=C1CC[C@H](OC)[C@H](C)[C@@]2(O)[C@H](OC(=O)[C@]3(C)O[C@@H]3C)[C@@H]3[C@@H](OC(=O)[C@@H]3C)[C@H]12. The van der Waals surface area contributed by atoms with E-state index < -0.39 is 47.1 Å². The van der Waals surface area contributed by atoms with Crippen LogP contribution in [0.4, 0.5) is 0 Å². The van der Waals surface area contributed by atoms with Gasteiger partial charge in [0, 0.05) is 18.9 Å². The molecule has 4 rings (SSSR count). The average molecular weight is 394 g/mol. The first-order chi connectivity index (χ1) is 13.1. The molecular formula is C21H30O7. The van der Waals surface area contributed by atoms with Crippen molar-refractivity contribution in [3.63, 3.8) is 0 Å². The van der Waals surface area contributed by atoms with Gasteiger partial charge in [-0.15, -0.1) is 0 Å². The first-order valence-electron chi connectivity index (χ1n) is 10.1. The first-order valence-corrected chi connectivity index (χ1v) is 10.1. The molecule has 0 unspecified atom stereocenters. The number of carbonyl (C=O) groups is 2. The van der Waals surface area contributed by atoms with Crippen LogP contribution < -0.4 is 0 Å². The van der Waals surface area contributed by atoms with E-state index in [-0.39, 0.29) is 24.1 Å². The van der Waals surface area contributed by atoms with Crippen LogP contribution in [-0.4, -0.2) is 59.8 Å². The van der Waals surface area contributed by atoms with Gasteiger partial charge in [0.2, 0.25) is 0 Å². The number of hydrogen-bond donors (Lipinski definition) is 1. The van der Waals surface area contributed by atoms with E-state index in [9.17, 15) is 14.7 Å². The Morgan fingerprint density at radius 2 is 1.96 bits per heavy atom. The van der Waals surface area contributed by atoms with Crippen molar-refractivity contribution < 1.29 is 33.6 Å². The Balaban J connectivity index is 1.77. The van der Waals surface area contributed by atoms with Crippen molar-refractivity contribution >= 4 is 11.9 Å². The van der Waals surface area contributed by atoms with Crippen molar-refractivity contribution in [2.45, 2.75) is 76.2 Å². The highest BCUT2D eigenvalue weighted by atomic mass is 16.7. The molecule has 1 N–H and O–H groups in total. The summed E-state index contributed by atoms with van der Waals surface area (Å²) in [7, 11) is 1.62. The van der Waals surface area contributed by atoms with Gasteiger partial charge >= 0.3 is 11.9 Å². The lowest BCUT2D eigenvalue weighted by Crippen LogP contribution is -2.56. The van der Waals surface area contributed by atoms with Gasteiger partial charge in [0.05, 0.1) is 24.0 Å². The molecule has 2 aliphatic heterocycles. The zero-order chi connectivity index (χ0) is 20.6. The van der Waals surface area contributed by atoms with Gasteiger partial charge in [0.15, 0.2) is 5.60 Å². The van der Waals surface area contributed by atoms with Crippen molar-refractivity contribution in [1.29, 1.82) is 0 Å². The summed E-state index contributed by atoms with van der Waals surface area (Å²) >= 11 is 0. The van der Waals surface area contributed by atoms with Gasteiger partial charge in [-0.05, 0) is 26.7 Å². The number of fused-ring (bicyclic) bond motifs is 3. The van der Waals surface area contributed by atoms with Crippen molar-refractivity contribution in [3.8, 4) is 0 Å². The molecule has 0 aromatic heterocycles. The summed E-state index contributed by atoms with van der Waals surface area (Å²) in [6, 6.07) is 0. The van der Waals surface area contributed by atoms with E-state index in [1.165, 1.54) is 0 Å². The van der Waals surface area contributed by atoms with Crippen LogP contribution in [0, 0.1) is 23.7 Å². The van der Waals surface area contributed by atoms with Crippen LogP contribution in [0.3, 0.4) is 0 Å². The van der Waals surface area contributed by atoms with Crippen LogP contribution in [0.2, 0.25) is 0 Å². The molecule has 2 saturated carbocycles. The number of aliphatic hydroxyl groups is 1. The minimum absolute atomic E-state index is 0.218. The molecule has 4 fully saturated rings. The summed E-state index contributed by atoms with van der Waals surface area (Å²) in [6.07, 6.45) is -0.550. The highest BCUT2D eigenvalue weighted by Gasteiger charge is 2.72. The number of ether oxygens (including phenoxy) is 4. The Kier molecular flexibility index (Phi) is 4.45. The first kappa shape index (κ1) is 19.9. The quantitative estimate of drug-likeness (QED) is 0.441. The summed E-state index contributed by atoms with van der Waals surface area (Å²) in [5.74, 6) is -2.58. The van der Waals surface area contributed by atoms with E-state index in [2.05, 4.69) is 6.58 Å². The number of hydrogen-bond acceptors (Lipinski definition) is 7. The Labute approximate surface area is 165 Å². The smallest absolute Gasteiger partial charge is 0.341 e. The van der Waals surface area contributed by atoms with Crippen molar-refractivity contribution in [2.24, 2.45) is 23.7 Å². The Morgan fingerprint density at radius 3 is 2.54 bits per heavy atom. The molecule has 2 saturated heterocycles. The van der Waals surface area contributed by atoms with Crippen LogP contribution in [0.1, 0.15) is 40.5 Å². The van der Waals surface area contributed by atoms with Crippen LogP contribution in [0.25, 0.3) is 0 Å². The summed E-state index contributed by atoms with van der Waals surface area (Å²) in [5, 5.41) is 12.1. The molecule has 28 heavy (non-hydrogen) atoms. The number of methoxy groups -OCH3 is 1. The molecule has 0 spiro atoms. The number of epoxide rings is 1. The standard InChI is InChI=1S/C21H30O7/c1-9-7-8-13(25-6)11(3)21(24)15(9)16-14(10(2)18(22)26-16)17(21)27-19(23)20(5)12(4)28-20/h10-17,24H,1,7-8H2,2-6H3/t10-,11+,12-,13+,14+,15+,16-,17-,20-,21+/m1/s1. The Hall–Kier alpha value is -1.44. The van der Waals surface area contributed by atoms with Gasteiger partial charge in [-0.1, -0.05) is 26.0 Å². The highest BCUT2D eigenvalue weighted by Crippen LogP contribution is 2.58. The second kappa shape index (κ2) is 6.28. The van der Waals surface area contributed by atoms with E-state index in [0.717, 1.165) is 5.57 Å². The van der Waals surface area contributed by atoms with E-state index in [1.807, 2.05) is 6.92 Å². The lowest BCUT2D eigenvalue weighted by Gasteiger charge is -2.42. The fourth-order valence-corrected chi connectivity index (χ4v) is 5.64. The summed E-state index contributed by atoms with van der Waals surface area (Å²) in [5.41, 5.74) is -1.63. The van der Waals surface area contributed by atoms with E-state index >= 15 is 0 Å². The van der Waals surface area contributed by atoms with Gasteiger partial charge < -0.3 is 24.1 Å². The lowest BCUT2D eigenvalue weighted by atomic mass is 9.74. The molecule has 4 aliphatic rings. The third kappa shape index (κ3) is 2.45. The maximum absolute atomic E-state index is 12.9. The second-order valence-corrected chi connectivity index (χ2v) is 9.09. The van der Waals surface area contributed by atoms with Gasteiger partial charge in [-0.3, -0.25) is 4.79 Å². The molecule has 7 heteroatoms. The molecule has 0 amide bonds. The Morgan fingerprint density at radius 1 is 1.32 bits per heavy atom. The molecule has 10 atom stereocenters. The van der Waals surface area contributed by atoms with Gasteiger partial charge in [-0.25, -0.2) is 4.79 Å². The monoisotopic (exact) mass is 394 g/mol. The van der Waals surface area contributed by atoms with Crippen molar-refractivity contribution in [1.82, 2.24) is 0 Å². The molecule has 156 valence electrons. The van der Waals surface area contributed by atoms with E-state index in [4.69, 9.17) is 18.9 Å². The van der Waals surface area contributed by atoms with Crippen LogP contribution >= 0.6 is 0 Å². The number of esters is 2. The normalized spacial score (nSPS) is 52.5.